The van der Waals surface area contributed by atoms with Gasteiger partial charge in [-0.3, -0.25) is 4.79 Å². The van der Waals surface area contributed by atoms with Gasteiger partial charge in [-0.1, -0.05) is 54.6 Å². The summed E-state index contributed by atoms with van der Waals surface area (Å²) >= 11 is 1.71. The Morgan fingerprint density at radius 3 is 2.63 bits per heavy atom. The molecule has 2 aromatic carbocycles. The van der Waals surface area contributed by atoms with E-state index in [2.05, 4.69) is 60.6 Å². The highest BCUT2D eigenvalue weighted by Crippen LogP contribution is 2.46. The minimum Gasteiger partial charge on any atom is -0.490 e. The molecule has 0 fully saturated rings. The van der Waals surface area contributed by atoms with Crippen molar-refractivity contribution in [3.63, 3.8) is 0 Å². The molecule has 1 atom stereocenters. The topological polar surface area (TPSA) is 38.3 Å². The Labute approximate surface area is 163 Å². The zero-order valence-electron chi connectivity index (χ0n) is 15.2. The van der Waals surface area contributed by atoms with E-state index in [4.69, 9.17) is 4.74 Å². The normalized spacial score (nSPS) is 15.7. The van der Waals surface area contributed by atoms with Crippen LogP contribution in [0.4, 0.5) is 5.69 Å². The lowest BCUT2D eigenvalue weighted by molar-refractivity contribution is -0.116. The van der Waals surface area contributed by atoms with Gasteiger partial charge in [0.1, 0.15) is 12.4 Å². The summed E-state index contributed by atoms with van der Waals surface area (Å²) in [5.41, 5.74) is 5.54. The molecule has 0 saturated carbocycles. The summed E-state index contributed by atoms with van der Waals surface area (Å²) in [5, 5.41) is 5.24. The van der Waals surface area contributed by atoms with Crippen LogP contribution >= 0.6 is 11.3 Å². The van der Waals surface area contributed by atoms with Crippen molar-refractivity contribution < 1.29 is 9.53 Å². The van der Waals surface area contributed by atoms with Gasteiger partial charge in [0.2, 0.25) is 5.91 Å². The average molecular weight is 375 g/mol. The average Bonchev–Trinajstić information content (AvgIpc) is 3.10. The first-order valence-corrected chi connectivity index (χ1v) is 9.85. The number of benzene rings is 2. The second-order valence-electron chi connectivity index (χ2n) is 6.73. The Bertz CT molecular complexity index is 971. The molecule has 0 radical (unpaired) electrons. The van der Waals surface area contributed by atoms with Gasteiger partial charge in [0, 0.05) is 28.2 Å². The van der Waals surface area contributed by atoms with E-state index in [1.54, 1.807) is 17.4 Å². The number of carbonyl (C=O) groups is 1. The quantitative estimate of drug-likeness (QED) is 0.576. The van der Waals surface area contributed by atoms with Gasteiger partial charge < -0.3 is 10.1 Å². The van der Waals surface area contributed by atoms with Gasteiger partial charge in [-0.25, -0.2) is 0 Å². The third kappa shape index (κ3) is 3.53. The fourth-order valence-electron chi connectivity index (χ4n) is 3.39. The number of hydrogen-bond donors (Lipinski definition) is 1. The predicted octanol–water partition coefficient (Wildman–Crippen LogP) is 5.76. The highest BCUT2D eigenvalue weighted by atomic mass is 32.1. The Balaban J connectivity index is 1.68. The van der Waals surface area contributed by atoms with Gasteiger partial charge in [-0.15, -0.1) is 11.3 Å². The summed E-state index contributed by atoms with van der Waals surface area (Å²) in [4.78, 5) is 13.6. The summed E-state index contributed by atoms with van der Waals surface area (Å²) in [6, 6.07) is 16.4. The van der Waals surface area contributed by atoms with Gasteiger partial charge >= 0.3 is 0 Å². The van der Waals surface area contributed by atoms with Crippen molar-refractivity contribution in [3.05, 3.63) is 82.6 Å². The first-order chi connectivity index (χ1) is 13.2. The predicted molar refractivity (Wildman–Crippen MR) is 112 cm³/mol. The largest absolute Gasteiger partial charge is 0.490 e. The van der Waals surface area contributed by atoms with Crippen LogP contribution in [-0.4, -0.2) is 12.5 Å². The molecule has 2 heterocycles. The van der Waals surface area contributed by atoms with Crippen molar-refractivity contribution in [3.8, 4) is 16.9 Å². The third-order valence-electron chi connectivity index (χ3n) is 4.80. The van der Waals surface area contributed by atoms with Crippen LogP contribution in [0.25, 0.3) is 11.1 Å². The van der Waals surface area contributed by atoms with Crippen LogP contribution in [0.1, 0.15) is 28.3 Å². The molecule has 0 saturated heterocycles. The maximum absolute atomic E-state index is 12.4. The van der Waals surface area contributed by atoms with E-state index in [1.165, 1.54) is 10.4 Å². The van der Waals surface area contributed by atoms with Crippen molar-refractivity contribution in [2.45, 2.75) is 19.3 Å². The molecule has 0 aliphatic carbocycles. The monoisotopic (exact) mass is 375 g/mol. The molecule has 0 bridgehead atoms. The van der Waals surface area contributed by atoms with Crippen molar-refractivity contribution in [1.82, 2.24) is 0 Å². The van der Waals surface area contributed by atoms with Gasteiger partial charge in [0.25, 0.3) is 0 Å². The molecule has 1 aromatic heterocycles. The van der Waals surface area contributed by atoms with Gasteiger partial charge in [0.05, 0.1) is 5.69 Å². The lowest BCUT2D eigenvalue weighted by Crippen LogP contribution is -2.22. The second kappa shape index (κ2) is 7.41. The molecule has 4 rings (SSSR count). The van der Waals surface area contributed by atoms with E-state index >= 15 is 0 Å². The summed E-state index contributed by atoms with van der Waals surface area (Å²) in [5.74, 6) is 0.948. The number of fused-ring (bicyclic) bond motifs is 1. The molecule has 0 unspecified atom stereocenters. The van der Waals surface area contributed by atoms with E-state index in [1.807, 2.05) is 12.1 Å². The maximum atomic E-state index is 12.4. The zero-order chi connectivity index (χ0) is 18.8. The van der Waals surface area contributed by atoms with E-state index < -0.39 is 0 Å². The second-order valence-corrected chi connectivity index (χ2v) is 7.64. The molecule has 0 spiro atoms. The highest BCUT2D eigenvalue weighted by Gasteiger charge is 2.30. The molecule has 1 amide bonds. The molecular weight excluding hydrogens is 354 g/mol. The molecule has 1 aliphatic rings. The molecule has 3 nitrogen and oxygen atoms in total. The zero-order valence-corrected chi connectivity index (χ0v) is 16.0. The molecule has 27 heavy (non-hydrogen) atoms. The Kier molecular flexibility index (Phi) is 4.82. The van der Waals surface area contributed by atoms with E-state index in [0.717, 1.165) is 28.1 Å². The molecule has 136 valence electrons. The molecule has 3 aromatic rings. The van der Waals surface area contributed by atoms with E-state index in [9.17, 15) is 4.79 Å². The molecule has 1 N–H and O–H groups in total. The number of hydrogen-bond acceptors (Lipinski definition) is 3. The van der Waals surface area contributed by atoms with Crippen LogP contribution in [0.5, 0.6) is 5.75 Å². The van der Waals surface area contributed by atoms with Crippen LogP contribution < -0.4 is 10.1 Å². The smallest absolute Gasteiger partial charge is 0.225 e. The fourth-order valence-corrected chi connectivity index (χ4v) is 4.55. The lowest BCUT2D eigenvalue weighted by atomic mass is 9.89. The van der Waals surface area contributed by atoms with Crippen molar-refractivity contribution >= 4 is 22.9 Å². The van der Waals surface area contributed by atoms with Crippen LogP contribution in [0.15, 0.2) is 66.6 Å². The van der Waals surface area contributed by atoms with E-state index in [0.29, 0.717) is 13.0 Å². The number of aryl methyl sites for hydroxylation is 1. The highest BCUT2D eigenvalue weighted by molar-refractivity contribution is 7.11. The Hall–Kier alpha value is -2.85. The Morgan fingerprint density at radius 1 is 1.19 bits per heavy atom. The van der Waals surface area contributed by atoms with Crippen LogP contribution in [0.2, 0.25) is 0 Å². The number of ether oxygens (including phenoxy) is 1. The van der Waals surface area contributed by atoms with Crippen LogP contribution in [0.3, 0.4) is 0 Å². The summed E-state index contributed by atoms with van der Waals surface area (Å²) in [6.07, 6.45) is 2.19. The van der Waals surface area contributed by atoms with Crippen LogP contribution in [0, 0.1) is 6.92 Å². The maximum Gasteiger partial charge on any atom is 0.225 e. The number of nitrogens with one attached hydrogen (secondary N) is 1. The SMILES string of the molecule is C=CCOc1ccc([C@H]2CC(=O)Nc3c(-c4ccc(C)cc4)csc32)cc1. The third-order valence-corrected chi connectivity index (χ3v) is 5.90. The fraction of sp³-hybridized carbons (Fsp3) is 0.174. The number of anilines is 1. The van der Waals surface area contributed by atoms with Crippen molar-refractivity contribution in [2.24, 2.45) is 0 Å². The summed E-state index contributed by atoms with van der Waals surface area (Å²) in [7, 11) is 0. The first kappa shape index (κ1) is 17.6. The molecule has 4 heteroatoms. The number of carbonyl (C=O) groups excluding carboxylic acids is 1. The van der Waals surface area contributed by atoms with Crippen LogP contribution in [-0.2, 0) is 4.79 Å². The van der Waals surface area contributed by atoms with Gasteiger partial charge in [-0.05, 0) is 30.2 Å². The minimum atomic E-state index is 0.0613. The van der Waals surface area contributed by atoms with Crippen molar-refractivity contribution in [1.29, 1.82) is 0 Å². The minimum absolute atomic E-state index is 0.0613. The Morgan fingerprint density at radius 2 is 1.93 bits per heavy atom. The number of thiophene rings is 1. The number of rotatable bonds is 5. The lowest BCUT2D eigenvalue weighted by Gasteiger charge is -2.24. The summed E-state index contributed by atoms with van der Waals surface area (Å²) < 4.78 is 5.56. The standard InChI is InChI=1S/C23H21NO2S/c1-3-12-26-18-10-8-16(9-11-18)19-13-21(25)24-22-20(14-27-23(19)22)17-6-4-15(2)5-7-17/h3-11,14,19H,1,12-13H2,2H3,(H,24,25)/t19-/m1/s1. The summed E-state index contributed by atoms with van der Waals surface area (Å²) in [6.45, 7) is 6.23. The first-order valence-electron chi connectivity index (χ1n) is 8.97. The van der Waals surface area contributed by atoms with Crippen molar-refractivity contribution in [2.75, 3.05) is 11.9 Å². The molecular formula is C23H21NO2S. The van der Waals surface area contributed by atoms with E-state index in [-0.39, 0.29) is 11.8 Å². The van der Waals surface area contributed by atoms with Gasteiger partial charge in [-0.2, -0.15) is 0 Å². The van der Waals surface area contributed by atoms with Gasteiger partial charge in [0.15, 0.2) is 0 Å². The molecule has 1 aliphatic heterocycles. The number of amides is 1.